The lowest BCUT2D eigenvalue weighted by Gasteiger charge is -2.29. The standard InChI is InChI=1S/C18H26O/c1-3-9-15(2)14-17(19)18(12-7-8-13-18)16-10-5-4-6-11-16/h4-6,10-11,15H,3,7-9,12-14H2,1-2H3. The van der Waals surface area contributed by atoms with Crippen molar-refractivity contribution >= 4 is 5.78 Å². The fourth-order valence-corrected chi connectivity index (χ4v) is 3.57. The summed E-state index contributed by atoms with van der Waals surface area (Å²) in [5, 5.41) is 0. The van der Waals surface area contributed by atoms with Gasteiger partial charge in [-0.05, 0) is 24.3 Å². The fourth-order valence-electron chi connectivity index (χ4n) is 3.57. The van der Waals surface area contributed by atoms with E-state index >= 15 is 0 Å². The molecule has 0 aliphatic heterocycles. The van der Waals surface area contributed by atoms with Gasteiger partial charge in [-0.1, -0.05) is 69.9 Å². The molecule has 1 aliphatic carbocycles. The van der Waals surface area contributed by atoms with Crippen LogP contribution >= 0.6 is 0 Å². The smallest absolute Gasteiger partial charge is 0.143 e. The lowest BCUT2D eigenvalue weighted by molar-refractivity contribution is -0.125. The Balaban J connectivity index is 2.18. The van der Waals surface area contributed by atoms with Crippen molar-refractivity contribution < 1.29 is 4.79 Å². The summed E-state index contributed by atoms with van der Waals surface area (Å²) in [5.74, 6) is 1.01. The van der Waals surface area contributed by atoms with Crippen molar-refractivity contribution in [2.24, 2.45) is 5.92 Å². The Labute approximate surface area is 117 Å². The van der Waals surface area contributed by atoms with Crippen LogP contribution in [0.15, 0.2) is 30.3 Å². The minimum Gasteiger partial charge on any atom is -0.299 e. The number of hydrogen-bond acceptors (Lipinski definition) is 1. The molecule has 1 aromatic rings. The molecule has 0 N–H and O–H groups in total. The van der Waals surface area contributed by atoms with E-state index in [0.29, 0.717) is 11.7 Å². The zero-order valence-electron chi connectivity index (χ0n) is 12.3. The van der Waals surface area contributed by atoms with Crippen LogP contribution in [0.5, 0.6) is 0 Å². The third kappa shape index (κ3) is 3.08. The number of benzene rings is 1. The summed E-state index contributed by atoms with van der Waals surface area (Å²) in [7, 11) is 0. The van der Waals surface area contributed by atoms with E-state index in [9.17, 15) is 4.79 Å². The summed E-state index contributed by atoms with van der Waals surface area (Å²) >= 11 is 0. The summed E-state index contributed by atoms with van der Waals surface area (Å²) in [6.45, 7) is 4.42. The van der Waals surface area contributed by atoms with Gasteiger partial charge in [0.25, 0.3) is 0 Å². The van der Waals surface area contributed by atoms with Gasteiger partial charge in [0.15, 0.2) is 0 Å². The van der Waals surface area contributed by atoms with Crippen molar-refractivity contribution in [3.8, 4) is 0 Å². The van der Waals surface area contributed by atoms with Gasteiger partial charge in [0.2, 0.25) is 0 Å². The maximum absolute atomic E-state index is 12.9. The molecule has 1 aromatic carbocycles. The molecule has 0 amide bonds. The SMILES string of the molecule is CCCC(C)CC(=O)C1(c2ccccc2)CCCC1. The molecule has 0 heterocycles. The summed E-state index contributed by atoms with van der Waals surface area (Å²) in [5.41, 5.74) is 1.09. The molecular weight excluding hydrogens is 232 g/mol. The van der Waals surface area contributed by atoms with E-state index in [-0.39, 0.29) is 5.41 Å². The number of Topliss-reactive ketones (excluding diaryl/α,β-unsaturated/α-hetero) is 1. The molecule has 0 saturated heterocycles. The first-order chi connectivity index (χ1) is 9.19. The van der Waals surface area contributed by atoms with Crippen LogP contribution in [0.2, 0.25) is 0 Å². The van der Waals surface area contributed by atoms with Crippen LogP contribution in [0.3, 0.4) is 0 Å². The zero-order valence-corrected chi connectivity index (χ0v) is 12.3. The average Bonchev–Trinajstić information content (AvgIpc) is 2.90. The Morgan fingerprint density at radius 1 is 1.21 bits per heavy atom. The number of carbonyl (C=O) groups excluding carboxylic acids is 1. The molecule has 1 fully saturated rings. The Morgan fingerprint density at radius 2 is 1.84 bits per heavy atom. The van der Waals surface area contributed by atoms with Gasteiger partial charge in [-0.15, -0.1) is 0 Å². The predicted molar refractivity (Wildman–Crippen MR) is 80.3 cm³/mol. The van der Waals surface area contributed by atoms with Crippen LogP contribution < -0.4 is 0 Å². The lowest BCUT2D eigenvalue weighted by atomic mass is 9.72. The Kier molecular flexibility index (Phi) is 4.79. The van der Waals surface area contributed by atoms with Gasteiger partial charge in [0, 0.05) is 6.42 Å². The normalized spacial score (nSPS) is 19.3. The van der Waals surface area contributed by atoms with E-state index in [4.69, 9.17) is 0 Å². The van der Waals surface area contributed by atoms with Crippen molar-refractivity contribution in [1.29, 1.82) is 0 Å². The summed E-state index contributed by atoms with van der Waals surface area (Å²) in [6.07, 6.45) is 7.58. The summed E-state index contributed by atoms with van der Waals surface area (Å²) < 4.78 is 0. The highest BCUT2D eigenvalue weighted by Crippen LogP contribution is 2.43. The molecule has 1 saturated carbocycles. The van der Waals surface area contributed by atoms with E-state index in [1.807, 2.05) is 6.07 Å². The van der Waals surface area contributed by atoms with Crippen LogP contribution in [0.4, 0.5) is 0 Å². The van der Waals surface area contributed by atoms with E-state index in [2.05, 4.69) is 38.1 Å². The first-order valence-corrected chi connectivity index (χ1v) is 7.78. The van der Waals surface area contributed by atoms with Crippen LogP contribution in [-0.2, 0) is 10.2 Å². The number of ketones is 1. The quantitative estimate of drug-likeness (QED) is 0.709. The molecule has 1 heteroatoms. The van der Waals surface area contributed by atoms with E-state index in [1.165, 1.54) is 24.8 Å². The second kappa shape index (κ2) is 6.36. The van der Waals surface area contributed by atoms with Gasteiger partial charge >= 0.3 is 0 Å². The van der Waals surface area contributed by atoms with Gasteiger partial charge in [-0.2, -0.15) is 0 Å². The highest BCUT2D eigenvalue weighted by atomic mass is 16.1. The van der Waals surface area contributed by atoms with E-state index in [0.717, 1.165) is 25.7 Å². The topological polar surface area (TPSA) is 17.1 Å². The Hall–Kier alpha value is -1.11. The molecule has 1 atom stereocenters. The fraction of sp³-hybridized carbons (Fsp3) is 0.611. The van der Waals surface area contributed by atoms with Crippen molar-refractivity contribution in [2.75, 3.05) is 0 Å². The molecule has 0 spiro atoms. The minimum atomic E-state index is -0.163. The number of carbonyl (C=O) groups is 1. The molecule has 0 aromatic heterocycles. The maximum Gasteiger partial charge on any atom is 0.143 e. The predicted octanol–water partition coefficient (Wildman–Crippen LogP) is 4.89. The molecule has 1 unspecified atom stereocenters. The largest absolute Gasteiger partial charge is 0.299 e. The lowest BCUT2D eigenvalue weighted by Crippen LogP contribution is -2.34. The van der Waals surface area contributed by atoms with Gasteiger partial charge in [0.1, 0.15) is 5.78 Å². The highest BCUT2D eigenvalue weighted by molar-refractivity contribution is 5.90. The molecule has 0 bridgehead atoms. The first-order valence-electron chi connectivity index (χ1n) is 7.78. The van der Waals surface area contributed by atoms with Gasteiger partial charge in [-0.25, -0.2) is 0 Å². The maximum atomic E-state index is 12.9. The first kappa shape index (κ1) is 14.3. The third-order valence-corrected chi connectivity index (χ3v) is 4.63. The molecular formula is C18H26O. The number of rotatable bonds is 6. The summed E-state index contributed by atoms with van der Waals surface area (Å²) in [4.78, 5) is 12.9. The van der Waals surface area contributed by atoms with Crippen molar-refractivity contribution in [3.05, 3.63) is 35.9 Å². The van der Waals surface area contributed by atoms with Crippen LogP contribution in [0.25, 0.3) is 0 Å². The summed E-state index contributed by atoms with van der Waals surface area (Å²) in [6, 6.07) is 10.5. The molecule has 104 valence electrons. The zero-order chi connectivity index (χ0) is 13.7. The average molecular weight is 258 g/mol. The molecule has 0 radical (unpaired) electrons. The highest BCUT2D eigenvalue weighted by Gasteiger charge is 2.42. The monoisotopic (exact) mass is 258 g/mol. The second-order valence-corrected chi connectivity index (χ2v) is 6.18. The van der Waals surface area contributed by atoms with Gasteiger partial charge in [-0.3, -0.25) is 4.79 Å². The van der Waals surface area contributed by atoms with Gasteiger partial charge in [0.05, 0.1) is 5.41 Å². The van der Waals surface area contributed by atoms with E-state index < -0.39 is 0 Å². The van der Waals surface area contributed by atoms with Crippen molar-refractivity contribution in [2.45, 2.75) is 64.2 Å². The van der Waals surface area contributed by atoms with Crippen molar-refractivity contribution in [1.82, 2.24) is 0 Å². The third-order valence-electron chi connectivity index (χ3n) is 4.63. The van der Waals surface area contributed by atoms with Crippen LogP contribution in [0, 0.1) is 5.92 Å². The molecule has 1 nitrogen and oxygen atoms in total. The molecule has 19 heavy (non-hydrogen) atoms. The van der Waals surface area contributed by atoms with Gasteiger partial charge < -0.3 is 0 Å². The number of hydrogen-bond donors (Lipinski definition) is 0. The minimum absolute atomic E-state index is 0.163. The molecule has 1 aliphatic rings. The Bertz CT molecular complexity index is 401. The van der Waals surface area contributed by atoms with Crippen molar-refractivity contribution in [3.63, 3.8) is 0 Å². The Morgan fingerprint density at radius 3 is 2.42 bits per heavy atom. The van der Waals surface area contributed by atoms with E-state index in [1.54, 1.807) is 0 Å². The van der Waals surface area contributed by atoms with Crippen LogP contribution in [-0.4, -0.2) is 5.78 Å². The second-order valence-electron chi connectivity index (χ2n) is 6.18. The molecule has 2 rings (SSSR count). The van der Waals surface area contributed by atoms with Crippen LogP contribution in [0.1, 0.15) is 64.4 Å².